The van der Waals surface area contributed by atoms with Crippen molar-refractivity contribution in [3.8, 4) is 0 Å². The molecule has 0 aromatic heterocycles. The first-order valence-corrected chi connectivity index (χ1v) is 10.0. The topological polar surface area (TPSA) is 20.2 Å². The van der Waals surface area contributed by atoms with Crippen LogP contribution in [0.3, 0.4) is 0 Å². The molecule has 1 aromatic rings. The predicted octanol–water partition coefficient (Wildman–Crippen LogP) is 3.84. The summed E-state index contributed by atoms with van der Waals surface area (Å²) >= 11 is 2.27. The van der Waals surface area contributed by atoms with Gasteiger partial charge in [-0.1, -0.05) is 0 Å². The van der Waals surface area contributed by atoms with Crippen LogP contribution in [-0.2, 0) is 5.60 Å². The molecule has 16 heavy (non-hydrogen) atoms. The maximum atomic E-state index is 10.5. The third-order valence-corrected chi connectivity index (χ3v) is 7.25. The molecule has 0 aliphatic carbocycles. The Balaban J connectivity index is 2.59. The summed E-state index contributed by atoms with van der Waals surface area (Å²) in [7, 11) is 0. The van der Waals surface area contributed by atoms with E-state index in [4.69, 9.17) is 0 Å². The summed E-state index contributed by atoms with van der Waals surface area (Å²) in [5.41, 5.74) is 0.477. The molecule has 3 heteroatoms. The Hall–Kier alpha value is 0.700. The van der Waals surface area contributed by atoms with Crippen LogP contribution in [0.4, 0.5) is 0 Å². The molecule has 0 fully saturated rings. The Morgan fingerprint density at radius 2 is 2.06 bits per heavy atom. The number of benzene rings is 1. The van der Waals surface area contributed by atoms with Gasteiger partial charge in [-0.05, 0) is 0 Å². The Morgan fingerprint density at radius 3 is 2.69 bits per heavy atom. The van der Waals surface area contributed by atoms with Gasteiger partial charge in [0.2, 0.25) is 0 Å². The molecule has 0 saturated carbocycles. The van der Waals surface area contributed by atoms with Gasteiger partial charge in [-0.2, -0.15) is 0 Å². The van der Waals surface area contributed by atoms with Crippen molar-refractivity contribution in [1.82, 2.24) is 0 Å². The van der Waals surface area contributed by atoms with Gasteiger partial charge in [-0.3, -0.25) is 0 Å². The Bertz CT molecular complexity index is 325. The van der Waals surface area contributed by atoms with E-state index in [2.05, 4.69) is 41.6 Å². The zero-order chi connectivity index (χ0) is 12.0. The average Bonchev–Trinajstić information content (AvgIpc) is 2.25. The van der Waals surface area contributed by atoms with Crippen molar-refractivity contribution in [1.29, 1.82) is 0 Å². The van der Waals surface area contributed by atoms with Gasteiger partial charge in [-0.15, -0.1) is 0 Å². The fraction of sp³-hybridized carbons (Fsp3) is 0.538. The molecule has 90 valence electrons. The molecule has 0 aliphatic rings. The molecule has 1 aromatic carbocycles. The zero-order valence-corrected chi connectivity index (χ0v) is 14.4. The summed E-state index contributed by atoms with van der Waals surface area (Å²) < 4.78 is 3.51. The van der Waals surface area contributed by atoms with E-state index in [0.717, 1.165) is 10.0 Å². The first-order valence-electron chi connectivity index (χ1n) is 5.63. The number of hydrogen-bond donors (Lipinski definition) is 1. The molecule has 1 nitrogen and oxygen atoms in total. The summed E-state index contributed by atoms with van der Waals surface area (Å²) in [6, 6.07) is 8.15. The summed E-state index contributed by atoms with van der Waals surface area (Å²) in [5.74, 6) is 0. The second-order valence-electron chi connectivity index (χ2n) is 4.16. The van der Waals surface area contributed by atoms with Crippen LogP contribution in [0.2, 0.25) is 8.94 Å². The normalized spacial score (nSPS) is 14.8. The first kappa shape index (κ1) is 14.8. The molecule has 0 spiro atoms. The first-order chi connectivity index (χ1) is 7.58. The van der Waals surface area contributed by atoms with Crippen LogP contribution in [0, 0.1) is 3.57 Å². The Kier molecular flexibility index (Phi) is 6.65. The summed E-state index contributed by atoms with van der Waals surface area (Å²) in [6.07, 6.45) is 2.60. The van der Waals surface area contributed by atoms with E-state index >= 15 is 0 Å². The predicted molar refractivity (Wildman–Crippen MR) is 79.0 cm³/mol. The van der Waals surface area contributed by atoms with Crippen LogP contribution < -0.4 is 0 Å². The van der Waals surface area contributed by atoms with E-state index in [1.54, 1.807) is 0 Å². The molecule has 0 radical (unpaired) electrons. The van der Waals surface area contributed by atoms with Crippen molar-refractivity contribution in [2.75, 3.05) is 0 Å². The van der Waals surface area contributed by atoms with E-state index in [9.17, 15) is 5.11 Å². The third kappa shape index (κ3) is 4.52. The summed E-state index contributed by atoms with van der Waals surface area (Å²) in [6.45, 7) is 4.19. The average molecular weight is 446 g/mol. The van der Waals surface area contributed by atoms with Crippen LogP contribution >= 0.6 is 22.6 Å². The van der Waals surface area contributed by atoms with Crippen molar-refractivity contribution in [2.45, 2.75) is 41.2 Å². The fourth-order valence-electron chi connectivity index (χ4n) is 1.49. The fourth-order valence-corrected chi connectivity index (χ4v) is 5.86. The van der Waals surface area contributed by atoms with Crippen LogP contribution in [-0.4, -0.2) is 26.0 Å². The summed E-state index contributed by atoms with van der Waals surface area (Å²) in [4.78, 5) is 0. The Morgan fingerprint density at radius 1 is 1.38 bits per heavy atom. The van der Waals surface area contributed by atoms with Crippen molar-refractivity contribution >= 4 is 43.5 Å². The van der Waals surface area contributed by atoms with Gasteiger partial charge in [0.05, 0.1) is 0 Å². The summed E-state index contributed by atoms with van der Waals surface area (Å²) in [5, 5.41) is 10.5. The molecule has 0 heterocycles. The molecule has 1 atom stereocenters. The SMILES string of the molecule is CCCC[Te]CC(C)(O)c1ccccc1I. The van der Waals surface area contributed by atoms with E-state index in [1.807, 2.05) is 19.1 Å². The minimum atomic E-state index is -0.617. The van der Waals surface area contributed by atoms with Crippen LogP contribution in [0.15, 0.2) is 24.3 Å². The molecule has 0 amide bonds. The van der Waals surface area contributed by atoms with Gasteiger partial charge in [0.15, 0.2) is 0 Å². The van der Waals surface area contributed by atoms with E-state index < -0.39 is 5.60 Å². The molecule has 1 N–H and O–H groups in total. The third-order valence-electron chi connectivity index (χ3n) is 2.48. The van der Waals surface area contributed by atoms with Crippen molar-refractivity contribution in [3.63, 3.8) is 0 Å². The standard InChI is InChI=1S/C13H19IOTe/c1-3-4-9-16-10-13(2,15)11-7-5-6-8-12(11)14/h5-8,15H,3-4,9-10H2,1-2H3. The maximum absolute atomic E-state index is 10.5. The Labute approximate surface area is 122 Å². The van der Waals surface area contributed by atoms with Crippen molar-refractivity contribution < 1.29 is 5.11 Å². The second-order valence-corrected chi connectivity index (χ2v) is 8.48. The molecule has 1 unspecified atom stereocenters. The quantitative estimate of drug-likeness (QED) is 0.401. The number of aliphatic hydroxyl groups is 1. The number of halogens is 1. The van der Waals surface area contributed by atoms with Gasteiger partial charge in [0.1, 0.15) is 0 Å². The monoisotopic (exact) mass is 448 g/mol. The van der Waals surface area contributed by atoms with Crippen molar-refractivity contribution in [2.24, 2.45) is 0 Å². The molecule has 0 bridgehead atoms. The van der Waals surface area contributed by atoms with Gasteiger partial charge in [0, 0.05) is 0 Å². The van der Waals surface area contributed by atoms with Crippen LogP contribution in [0.1, 0.15) is 32.3 Å². The number of unbranched alkanes of at least 4 members (excludes halogenated alkanes) is 1. The van der Waals surface area contributed by atoms with Gasteiger partial charge < -0.3 is 0 Å². The molecule has 1 rings (SSSR count). The van der Waals surface area contributed by atoms with E-state index in [0.29, 0.717) is 0 Å². The molecular weight excluding hydrogens is 427 g/mol. The molecular formula is C13H19IOTe. The number of rotatable bonds is 6. The molecule has 0 aliphatic heterocycles. The van der Waals surface area contributed by atoms with Gasteiger partial charge in [0.25, 0.3) is 0 Å². The van der Waals surface area contributed by atoms with Crippen LogP contribution in [0.5, 0.6) is 0 Å². The van der Waals surface area contributed by atoms with Gasteiger partial charge in [-0.25, -0.2) is 0 Å². The van der Waals surface area contributed by atoms with E-state index in [1.165, 1.54) is 20.9 Å². The minimum absolute atomic E-state index is 0.0389. The van der Waals surface area contributed by atoms with E-state index in [-0.39, 0.29) is 20.9 Å². The molecule has 0 saturated heterocycles. The number of hydrogen-bond acceptors (Lipinski definition) is 1. The van der Waals surface area contributed by atoms with Crippen molar-refractivity contribution in [3.05, 3.63) is 33.4 Å². The zero-order valence-electron chi connectivity index (χ0n) is 9.87. The van der Waals surface area contributed by atoms with Gasteiger partial charge >= 0.3 is 123 Å². The second kappa shape index (κ2) is 7.20. The van der Waals surface area contributed by atoms with Crippen LogP contribution in [0.25, 0.3) is 0 Å².